The van der Waals surface area contributed by atoms with Gasteiger partial charge in [-0.2, -0.15) is 0 Å². The molecule has 2 aromatic rings. The number of hydrogen-bond acceptors (Lipinski definition) is 3. The zero-order valence-electron chi connectivity index (χ0n) is 12.8. The highest BCUT2D eigenvalue weighted by atomic mass is 32.2. The Hall–Kier alpha value is -2.50. The van der Waals surface area contributed by atoms with Crippen molar-refractivity contribution in [3.8, 4) is 0 Å². The normalized spacial score (nSPS) is 20.0. The minimum absolute atomic E-state index is 0.0899. The van der Waals surface area contributed by atoms with Crippen LogP contribution in [0.25, 0.3) is 10.4 Å². The first kappa shape index (κ1) is 15.4. The van der Waals surface area contributed by atoms with Crippen molar-refractivity contribution in [2.45, 2.75) is 24.3 Å². The molecule has 0 aromatic heterocycles. The number of fused-ring (bicyclic) bond motifs is 1. The lowest BCUT2D eigenvalue weighted by Crippen LogP contribution is -2.34. The molecule has 0 N–H and O–H groups in total. The third kappa shape index (κ3) is 2.44. The predicted octanol–water partition coefficient (Wildman–Crippen LogP) is 3.73. The predicted molar refractivity (Wildman–Crippen MR) is 88.7 cm³/mol. The molecule has 0 amide bonds. The largest absolute Gasteiger partial charge is 0.265 e. The topological polar surface area (TPSA) is 86.1 Å². The van der Waals surface area contributed by atoms with Gasteiger partial charge >= 0.3 is 0 Å². The van der Waals surface area contributed by atoms with E-state index in [4.69, 9.17) is 5.53 Å². The van der Waals surface area contributed by atoms with Crippen LogP contribution in [0.2, 0.25) is 0 Å². The minimum Gasteiger partial charge on any atom is -0.265 e. The molecule has 6 nitrogen and oxygen atoms in total. The van der Waals surface area contributed by atoms with E-state index in [0.717, 1.165) is 5.56 Å². The van der Waals surface area contributed by atoms with Crippen LogP contribution >= 0.6 is 0 Å². The highest BCUT2D eigenvalue weighted by molar-refractivity contribution is 7.92. The van der Waals surface area contributed by atoms with Crippen LogP contribution in [-0.4, -0.2) is 15.0 Å². The smallest absolute Gasteiger partial charge is 0.264 e. The summed E-state index contributed by atoms with van der Waals surface area (Å²) in [5, 5.41) is 3.84. The van der Waals surface area contributed by atoms with Gasteiger partial charge in [0.25, 0.3) is 10.0 Å². The van der Waals surface area contributed by atoms with Crippen molar-refractivity contribution in [1.82, 2.24) is 0 Å². The third-order valence-corrected chi connectivity index (χ3v) is 5.85. The molecule has 2 aromatic carbocycles. The number of hydrogen-bond donors (Lipinski definition) is 0. The fourth-order valence-corrected chi connectivity index (χ4v) is 4.41. The molecule has 0 saturated carbocycles. The molecule has 0 fully saturated rings. The lowest BCUT2D eigenvalue weighted by Gasteiger charge is -2.22. The minimum atomic E-state index is -3.71. The highest BCUT2D eigenvalue weighted by Gasteiger charge is 2.43. The van der Waals surface area contributed by atoms with Crippen LogP contribution in [0.1, 0.15) is 18.1 Å². The van der Waals surface area contributed by atoms with Crippen LogP contribution in [0.15, 0.2) is 58.5 Å². The molecule has 0 saturated heterocycles. The second-order valence-corrected chi connectivity index (χ2v) is 7.67. The summed E-state index contributed by atoms with van der Waals surface area (Å²) in [6.45, 7) is 3.74. The first-order valence-corrected chi connectivity index (χ1v) is 8.58. The molecule has 0 bridgehead atoms. The van der Waals surface area contributed by atoms with Gasteiger partial charge in [-0.1, -0.05) is 41.0 Å². The fourth-order valence-electron chi connectivity index (χ4n) is 2.83. The second-order valence-electron chi connectivity index (χ2n) is 5.81. The van der Waals surface area contributed by atoms with Crippen LogP contribution in [-0.2, 0) is 15.6 Å². The molecular formula is C16H16N4O2S. The van der Waals surface area contributed by atoms with Gasteiger partial charge in [0, 0.05) is 11.5 Å². The Bertz CT molecular complexity index is 902. The van der Waals surface area contributed by atoms with Gasteiger partial charge in [0.2, 0.25) is 0 Å². The summed E-state index contributed by atoms with van der Waals surface area (Å²) in [4.78, 5) is 3.12. The first-order chi connectivity index (χ1) is 10.9. The zero-order valence-corrected chi connectivity index (χ0v) is 13.7. The van der Waals surface area contributed by atoms with E-state index < -0.39 is 15.6 Å². The molecule has 118 valence electrons. The van der Waals surface area contributed by atoms with E-state index in [1.807, 2.05) is 13.0 Å². The van der Waals surface area contributed by atoms with Crippen LogP contribution in [0.5, 0.6) is 0 Å². The molecule has 7 heteroatoms. The summed E-state index contributed by atoms with van der Waals surface area (Å²) in [5.41, 5.74) is 10.2. The molecule has 0 radical (unpaired) electrons. The van der Waals surface area contributed by atoms with Gasteiger partial charge in [-0.25, -0.2) is 8.42 Å². The molecule has 1 aliphatic heterocycles. The standard InChI is InChI=1S/C16H16N4O2S/c1-12-7-9-13(10-8-12)23(21,22)20-11-16(2,18-19-17)14-5-3-4-6-15(14)20/h3-10H,11H2,1-2H3. The van der Waals surface area contributed by atoms with E-state index in [9.17, 15) is 8.42 Å². The van der Waals surface area contributed by atoms with Gasteiger partial charge in [0.15, 0.2) is 0 Å². The van der Waals surface area contributed by atoms with Crippen LogP contribution < -0.4 is 4.31 Å². The summed E-state index contributed by atoms with van der Waals surface area (Å²) in [5.74, 6) is 0. The summed E-state index contributed by atoms with van der Waals surface area (Å²) in [7, 11) is -3.71. The summed E-state index contributed by atoms with van der Waals surface area (Å²) >= 11 is 0. The maximum absolute atomic E-state index is 13.0. The first-order valence-electron chi connectivity index (χ1n) is 7.14. The summed E-state index contributed by atoms with van der Waals surface area (Å²) < 4.78 is 27.3. The van der Waals surface area contributed by atoms with Crippen LogP contribution in [0.3, 0.4) is 0 Å². The Morgan fingerprint density at radius 1 is 1.17 bits per heavy atom. The average Bonchev–Trinajstić information content (AvgIpc) is 2.83. The van der Waals surface area contributed by atoms with E-state index >= 15 is 0 Å². The zero-order chi connectivity index (χ0) is 16.7. The Morgan fingerprint density at radius 3 is 2.48 bits per heavy atom. The Balaban J connectivity index is 2.14. The maximum Gasteiger partial charge on any atom is 0.264 e. The van der Waals surface area contributed by atoms with E-state index in [2.05, 4.69) is 10.0 Å². The molecule has 23 heavy (non-hydrogen) atoms. The number of azide groups is 1. The molecule has 1 atom stereocenters. The number of nitrogens with zero attached hydrogens (tertiary/aromatic N) is 4. The number of rotatable bonds is 3. The van der Waals surface area contributed by atoms with Gasteiger partial charge in [0.1, 0.15) is 0 Å². The SMILES string of the molecule is Cc1ccc(S(=O)(=O)N2CC(C)(N=[N+]=[N-])c3ccccc32)cc1. The highest BCUT2D eigenvalue weighted by Crippen LogP contribution is 2.44. The van der Waals surface area contributed by atoms with E-state index in [-0.39, 0.29) is 11.4 Å². The van der Waals surface area contributed by atoms with Crippen molar-refractivity contribution in [2.75, 3.05) is 10.8 Å². The quantitative estimate of drug-likeness (QED) is 0.488. The van der Waals surface area contributed by atoms with Crippen LogP contribution in [0.4, 0.5) is 5.69 Å². The summed E-state index contributed by atoms with van der Waals surface area (Å²) in [6.07, 6.45) is 0. The van der Waals surface area contributed by atoms with Crippen LogP contribution in [0, 0.1) is 6.92 Å². The lowest BCUT2D eigenvalue weighted by atomic mass is 9.96. The van der Waals surface area contributed by atoms with Gasteiger partial charge in [-0.05, 0) is 43.1 Å². The molecule has 1 heterocycles. The lowest BCUT2D eigenvalue weighted by molar-refractivity contribution is 0.527. The van der Waals surface area contributed by atoms with Gasteiger partial charge < -0.3 is 0 Å². The van der Waals surface area contributed by atoms with Crippen molar-refractivity contribution in [3.05, 3.63) is 70.1 Å². The fraction of sp³-hybridized carbons (Fsp3) is 0.250. The van der Waals surface area contributed by atoms with Crippen molar-refractivity contribution in [3.63, 3.8) is 0 Å². The molecule has 0 aliphatic carbocycles. The summed E-state index contributed by atoms with van der Waals surface area (Å²) in [6, 6.07) is 13.8. The number of aryl methyl sites for hydroxylation is 1. The number of para-hydroxylation sites is 1. The third-order valence-electron chi connectivity index (χ3n) is 4.08. The number of sulfonamides is 1. The van der Waals surface area contributed by atoms with Crippen molar-refractivity contribution >= 4 is 15.7 Å². The average molecular weight is 328 g/mol. The van der Waals surface area contributed by atoms with Crippen molar-refractivity contribution in [1.29, 1.82) is 0 Å². The van der Waals surface area contributed by atoms with E-state index in [0.29, 0.717) is 11.3 Å². The van der Waals surface area contributed by atoms with E-state index in [1.54, 1.807) is 49.4 Å². The maximum atomic E-state index is 13.0. The monoisotopic (exact) mass is 328 g/mol. The molecule has 1 aliphatic rings. The van der Waals surface area contributed by atoms with Gasteiger partial charge in [-0.15, -0.1) is 0 Å². The van der Waals surface area contributed by atoms with Crippen molar-refractivity contribution in [2.24, 2.45) is 5.11 Å². The van der Waals surface area contributed by atoms with E-state index in [1.165, 1.54) is 4.31 Å². The van der Waals surface area contributed by atoms with Gasteiger partial charge in [0.05, 0.1) is 16.1 Å². The Labute approximate surface area is 135 Å². The second kappa shape index (κ2) is 5.30. The number of anilines is 1. The van der Waals surface area contributed by atoms with Crippen molar-refractivity contribution < 1.29 is 8.42 Å². The molecule has 0 spiro atoms. The molecule has 3 rings (SSSR count). The molecule has 1 unspecified atom stereocenters. The Kier molecular flexibility index (Phi) is 3.55. The number of benzene rings is 2. The Morgan fingerprint density at radius 2 is 1.83 bits per heavy atom. The van der Waals surface area contributed by atoms with Gasteiger partial charge in [-0.3, -0.25) is 4.31 Å². The molecular weight excluding hydrogens is 312 g/mol.